The molecule has 0 amide bonds. The molecule has 0 unspecified atom stereocenters. The van der Waals surface area contributed by atoms with E-state index in [4.69, 9.17) is 4.74 Å². The van der Waals surface area contributed by atoms with Crippen molar-refractivity contribution in [1.29, 1.82) is 0 Å². The molecule has 0 aromatic heterocycles. The molecular formula is C10H16O4. The third-order valence-electron chi connectivity index (χ3n) is 1.56. The summed E-state index contributed by atoms with van der Waals surface area (Å²) in [7, 11) is 0. The second kappa shape index (κ2) is 7.00. The van der Waals surface area contributed by atoms with E-state index in [1.165, 1.54) is 0 Å². The molecule has 4 heteroatoms. The smallest absolute Gasteiger partial charge is 0.385 e. The summed E-state index contributed by atoms with van der Waals surface area (Å²) >= 11 is 0. The SMILES string of the molecule is C=COOC(=O)C(C)=C(CC)OCC. The fourth-order valence-corrected chi connectivity index (χ4v) is 0.904. The monoisotopic (exact) mass is 200 g/mol. The highest BCUT2D eigenvalue weighted by Crippen LogP contribution is 2.11. The fraction of sp³-hybridized carbons (Fsp3) is 0.500. The van der Waals surface area contributed by atoms with E-state index in [9.17, 15) is 4.79 Å². The summed E-state index contributed by atoms with van der Waals surface area (Å²) < 4.78 is 5.25. The topological polar surface area (TPSA) is 44.8 Å². The summed E-state index contributed by atoms with van der Waals surface area (Å²) in [5.41, 5.74) is 0.413. The van der Waals surface area contributed by atoms with Gasteiger partial charge in [-0.1, -0.05) is 13.5 Å². The van der Waals surface area contributed by atoms with Crippen molar-refractivity contribution >= 4 is 5.97 Å². The van der Waals surface area contributed by atoms with Crippen LogP contribution in [0.4, 0.5) is 0 Å². The lowest BCUT2D eigenvalue weighted by atomic mass is 10.2. The number of carbonyl (C=O) groups excluding carboxylic acids is 1. The first-order valence-corrected chi connectivity index (χ1v) is 4.48. The number of hydrogen-bond acceptors (Lipinski definition) is 4. The van der Waals surface area contributed by atoms with E-state index in [2.05, 4.69) is 16.4 Å². The van der Waals surface area contributed by atoms with Crippen LogP contribution in [0.1, 0.15) is 27.2 Å². The van der Waals surface area contributed by atoms with Gasteiger partial charge in [0.1, 0.15) is 12.0 Å². The van der Waals surface area contributed by atoms with E-state index in [0.29, 0.717) is 24.4 Å². The van der Waals surface area contributed by atoms with Crippen molar-refractivity contribution in [3.63, 3.8) is 0 Å². The summed E-state index contributed by atoms with van der Waals surface area (Å²) in [6.45, 7) is 9.15. The largest absolute Gasteiger partial charge is 0.498 e. The molecule has 0 saturated heterocycles. The van der Waals surface area contributed by atoms with Gasteiger partial charge in [0.05, 0.1) is 12.2 Å². The molecule has 14 heavy (non-hydrogen) atoms. The fourth-order valence-electron chi connectivity index (χ4n) is 0.904. The first-order valence-electron chi connectivity index (χ1n) is 4.48. The zero-order chi connectivity index (χ0) is 11.0. The number of rotatable bonds is 6. The molecule has 0 radical (unpaired) electrons. The molecule has 0 aliphatic carbocycles. The minimum atomic E-state index is -0.560. The Kier molecular flexibility index (Phi) is 6.28. The van der Waals surface area contributed by atoms with E-state index in [1.54, 1.807) is 6.92 Å². The van der Waals surface area contributed by atoms with Crippen molar-refractivity contribution in [3.05, 3.63) is 24.2 Å². The Morgan fingerprint density at radius 3 is 2.50 bits per heavy atom. The van der Waals surface area contributed by atoms with Crippen molar-refractivity contribution in [1.82, 2.24) is 0 Å². The van der Waals surface area contributed by atoms with Crippen LogP contribution in [0, 0.1) is 0 Å². The van der Waals surface area contributed by atoms with Crippen molar-refractivity contribution in [3.8, 4) is 0 Å². The molecule has 0 heterocycles. The predicted molar refractivity (Wildman–Crippen MR) is 52.0 cm³/mol. The van der Waals surface area contributed by atoms with Gasteiger partial charge in [0, 0.05) is 6.42 Å². The van der Waals surface area contributed by atoms with E-state index in [1.807, 2.05) is 13.8 Å². The van der Waals surface area contributed by atoms with Gasteiger partial charge >= 0.3 is 5.97 Å². The average molecular weight is 200 g/mol. The lowest BCUT2D eigenvalue weighted by molar-refractivity contribution is -0.233. The molecule has 0 aromatic rings. The molecule has 0 fully saturated rings. The molecule has 0 aliphatic heterocycles. The van der Waals surface area contributed by atoms with Gasteiger partial charge in [-0.3, -0.25) is 4.89 Å². The van der Waals surface area contributed by atoms with Crippen LogP contribution in [0.25, 0.3) is 0 Å². The summed E-state index contributed by atoms with van der Waals surface area (Å²) in [6, 6.07) is 0. The van der Waals surface area contributed by atoms with Crippen LogP contribution in [0.3, 0.4) is 0 Å². The van der Waals surface area contributed by atoms with E-state index in [0.717, 1.165) is 6.26 Å². The molecule has 80 valence electrons. The summed E-state index contributed by atoms with van der Waals surface area (Å²) in [6.07, 6.45) is 1.68. The molecule has 4 nitrogen and oxygen atoms in total. The van der Waals surface area contributed by atoms with Gasteiger partial charge in [-0.15, -0.1) is 0 Å². The van der Waals surface area contributed by atoms with Crippen LogP contribution < -0.4 is 0 Å². The van der Waals surface area contributed by atoms with Crippen molar-refractivity contribution < 1.29 is 19.3 Å². The highest BCUT2D eigenvalue weighted by Gasteiger charge is 2.13. The van der Waals surface area contributed by atoms with Crippen molar-refractivity contribution in [2.45, 2.75) is 27.2 Å². The predicted octanol–water partition coefficient (Wildman–Crippen LogP) is 2.33. The Morgan fingerprint density at radius 1 is 1.43 bits per heavy atom. The molecule has 0 aliphatic rings. The van der Waals surface area contributed by atoms with Crippen LogP contribution in [-0.4, -0.2) is 12.6 Å². The maximum atomic E-state index is 11.2. The Balaban J connectivity index is 4.42. The molecule has 0 N–H and O–H groups in total. The zero-order valence-corrected chi connectivity index (χ0v) is 8.83. The first-order chi connectivity index (χ1) is 6.67. The number of allylic oxidation sites excluding steroid dienone is 1. The van der Waals surface area contributed by atoms with Gasteiger partial charge in [-0.05, 0) is 13.8 Å². The third-order valence-corrected chi connectivity index (χ3v) is 1.56. The van der Waals surface area contributed by atoms with Gasteiger partial charge in [0.2, 0.25) is 0 Å². The molecule has 0 bridgehead atoms. The molecule has 0 atom stereocenters. The van der Waals surface area contributed by atoms with Crippen LogP contribution in [0.5, 0.6) is 0 Å². The Labute approximate surface area is 84.1 Å². The van der Waals surface area contributed by atoms with Crippen LogP contribution in [-0.2, 0) is 19.3 Å². The molecule has 0 spiro atoms. The maximum Gasteiger partial charge on any atom is 0.385 e. The van der Waals surface area contributed by atoms with Gasteiger partial charge in [0.25, 0.3) is 0 Å². The van der Waals surface area contributed by atoms with Crippen LogP contribution in [0.15, 0.2) is 24.2 Å². The van der Waals surface area contributed by atoms with Gasteiger partial charge in [-0.25, -0.2) is 9.68 Å². The van der Waals surface area contributed by atoms with E-state index in [-0.39, 0.29) is 0 Å². The normalized spacial score (nSPS) is 11.4. The second-order valence-electron chi connectivity index (χ2n) is 2.47. The van der Waals surface area contributed by atoms with Gasteiger partial charge < -0.3 is 4.74 Å². The first kappa shape index (κ1) is 12.6. The minimum Gasteiger partial charge on any atom is -0.498 e. The summed E-state index contributed by atoms with van der Waals surface area (Å²) in [4.78, 5) is 19.9. The molecule has 0 rings (SSSR count). The highest BCUT2D eigenvalue weighted by atomic mass is 17.2. The quantitative estimate of drug-likeness (QED) is 0.285. The summed E-state index contributed by atoms with van der Waals surface area (Å²) in [5, 5.41) is 0. The van der Waals surface area contributed by atoms with Crippen LogP contribution in [0.2, 0.25) is 0 Å². The van der Waals surface area contributed by atoms with Crippen molar-refractivity contribution in [2.75, 3.05) is 6.61 Å². The van der Waals surface area contributed by atoms with E-state index < -0.39 is 5.97 Å². The van der Waals surface area contributed by atoms with Gasteiger partial charge in [-0.2, -0.15) is 0 Å². The third kappa shape index (κ3) is 3.98. The number of carbonyl (C=O) groups is 1. The maximum absolute atomic E-state index is 11.2. The lowest BCUT2D eigenvalue weighted by Crippen LogP contribution is -2.08. The Bertz CT molecular complexity index is 230. The lowest BCUT2D eigenvalue weighted by Gasteiger charge is -2.09. The van der Waals surface area contributed by atoms with E-state index >= 15 is 0 Å². The number of ether oxygens (including phenoxy) is 1. The van der Waals surface area contributed by atoms with Crippen LogP contribution >= 0.6 is 0 Å². The molecular weight excluding hydrogens is 184 g/mol. The van der Waals surface area contributed by atoms with Crippen molar-refractivity contribution in [2.24, 2.45) is 0 Å². The summed E-state index contributed by atoms with van der Waals surface area (Å²) in [5.74, 6) is 0.0559. The minimum absolute atomic E-state index is 0.413. The highest BCUT2D eigenvalue weighted by molar-refractivity contribution is 5.87. The zero-order valence-electron chi connectivity index (χ0n) is 8.83. The van der Waals surface area contributed by atoms with Gasteiger partial charge in [0.15, 0.2) is 0 Å². The Hall–Kier alpha value is -1.45. The standard InChI is InChI=1S/C10H16O4/c1-5-9(12-6-2)8(4)10(11)14-13-7-3/h7H,3,5-6H2,1-2,4H3. The second-order valence-corrected chi connectivity index (χ2v) is 2.47. The Morgan fingerprint density at radius 2 is 2.07 bits per heavy atom. The molecule has 0 saturated carbocycles. The average Bonchev–Trinajstić information content (AvgIpc) is 2.21. The molecule has 0 aromatic carbocycles. The number of hydrogen-bond donors (Lipinski definition) is 0.